The molecule has 3 nitrogen and oxygen atoms in total. The molecule has 0 amide bonds. The molecular formula is C42H47N2OY-. The third kappa shape index (κ3) is 7.54. The minimum absolute atomic E-state index is 0. The van der Waals surface area contributed by atoms with Crippen molar-refractivity contribution in [3.05, 3.63) is 151 Å². The van der Waals surface area contributed by atoms with Crippen molar-refractivity contribution in [3.63, 3.8) is 0 Å². The fourth-order valence-electron chi connectivity index (χ4n) is 6.43. The second-order valence-corrected chi connectivity index (χ2v) is 12.4. The monoisotopic (exact) mass is 684 g/mol. The third-order valence-corrected chi connectivity index (χ3v) is 8.52. The normalized spacial score (nSPS) is 16.4. The van der Waals surface area contributed by atoms with E-state index in [1.54, 1.807) is 6.92 Å². The second-order valence-electron chi connectivity index (χ2n) is 12.4. The topological polar surface area (TPSA) is 23.3 Å². The van der Waals surface area contributed by atoms with E-state index in [2.05, 4.69) is 138 Å². The summed E-state index contributed by atoms with van der Waals surface area (Å²) in [5, 5.41) is 2.49. The summed E-state index contributed by atoms with van der Waals surface area (Å²) in [6.45, 7) is 17.2. The smallest absolute Gasteiger partial charge is 0.149 e. The molecule has 0 bridgehead atoms. The standard InChI is InChI=1S/C34H36N2O.C6H5.C2H6.Y/c1-23-17-18-25-19-20-29-32(26(25)21-23)34(5,6)31(36(29)22-24(2)37)16-10-8-9-15-30-33(3,4)27-13-11-12-14-28(27)35(30)7;1-2-4-6-5-3-1;1-2;/h8-21H,7,22H2,1-6H3;1-5H;1-2H3;/q;-1;;. The Balaban J connectivity index is 0.000000567. The molecule has 0 aliphatic carbocycles. The van der Waals surface area contributed by atoms with E-state index in [9.17, 15) is 4.79 Å². The summed E-state index contributed by atoms with van der Waals surface area (Å²) in [5.41, 5.74) is 8.08. The Hall–Kier alpha value is -3.53. The molecule has 0 spiro atoms. The molecule has 0 aromatic heterocycles. The van der Waals surface area contributed by atoms with Crippen molar-refractivity contribution < 1.29 is 42.1 Å². The molecule has 0 N–H and O–H groups in total. The molecule has 0 saturated carbocycles. The van der Waals surface area contributed by atoms with Crippen LogP contribution in [0.25, 0.3) is 10.8 Å². The Labute approximate surface area is 302 Å². The molecule has 0 atom stereocenters. The quantitative estimate of drug-likeness (QED) is 0.119. The number of carbonyl (C=O) groups excluding carboxylic acids is 1. The largest absolute Gasteiger partial charge is 0.337 e. The first kappa shape index (κ1) is 36.9. The predicted octanol–water partition coefficient (Wildman–Crippen LogP) is 10.2. The molecule has 2 aliphatic rings. The predicted molar refractivity (Wildman–Crippen MR) is 192 cm³/mol. The number of carbonyl (C=O) groups is 1. The molecule has 1 radical (unpaired) electrons. The van der Waals surface area contributed by atoms with Crippen LogP contribution in [0.1, 0.15) is 65.2 Å². The number of rotatable bonds is 5. The van der Waals surface area contributed by atoms with Crippen LogP contribution in [0, 0.1) is 20.0 Å². The van der Waals surface area contributed by atoms with E-state index < -0.39 is 0 Å². The van der Waals surface area contributed by atoms with E-state index in [0.717, 1.165) is 17.1 Å². The van der Waals surface area contributed by atoms with Crippen molar-refractivity contribution in [1.82, 2.24) is 0 Å². The van der Waals surface area contributed by atoms with E-state index in [-0.39, 0.29) is 49.3 Å². The van der Waals surface area contributed by atoms with Gasteiger partial charge in [-0.2, -0.15) is 36.4 Å². The fourth-order valence-corrected chi connectivity index (χ4v) is 6.43. The van der Waals surface area contributed by atoms with Gasteiger partial charge in [-0.1, -0.05) is 114 Å². The molecule has 4 aromatic rings. The van der Waals surface area contributed by atoms with E-state index >= 15 is 0 Å². The Bertz CT molecular complexity index is 1760. The number of aryl methyl sites for hydroxylation is 1. The number of para-hydroxylation sites is 1. The summed E-state index contributed by atoms with van der Waals surface area (Å²) < 4.78 is 2.04. The number of fused-ring (bicyclic) bond motifs is 4. The maximum absolute atomic E-state index is 12.3. The molecule has 235 valence electrons. The average Bonchev–Trinajstić information content (AvgIpc) is 3.37. The van der Waals surface area contributed by atoms with Gasteiger partial charge in [0.25, 0.3) is 0 Å². The van der Waals surface area contributed by atoms with Gasteiger partial charge in [-0.05, 0) is 54.0 Å². The number of benzene rings is 4. The van der Waals surface area contributed by atoms with Crippen molar-refractivity contribution in [2.24, 2.45) is 0 Å². The van der Waals surface area contributed by atoms with E-state index in [1.165, 1.54) is 33.2 Å². The van der Waals surface area contributed by atoms with Crippen LogP contribution >= 0.6 is 0 Å². The average molecular weight is 685 g/mol. The number of hydrogen-bond donors (Lipinski definition) is 0. The van der Waals surface area contributed by atoms with Crippen LogP contribution in [0.15, 0.2) is 121 Å². The van der Waals surface area contributed by atoms with Crippen LogP contribution in [-0.2, 0) is 48.3 Å². The maximum atomic E-state index is 12.3. The zero-order valence-electron chi connectivity index (χ0n) is 28.8. The first-order valence-electron chi connectivity index (χ1n) is 15.9. The Morgan fingerprint density at radius 1 is 0.891 bits per heavy atom. The van der Waals surface area contributed by atoms with E-state index in [1.807, 2.05) is 48.8 Å². The summed E-state index contributed by atoms with van der Waals surface area (Å²) >= 11 is 0. The molecule has 46 heavy (non-hydrogen) atoms. The summed E-state index contributed by atoms with van der Waals surface area (Å²) in [6, 6.07) is 31.9. The Morgan fingerprint density at radius 3 is 2.17 bits per heavy atom. The van der Waals surface area contributed by atoms with Crippen molar-refractivity contribution in [3.8, 4) is 0 Å². The van der Waals surface area contributed by atoms with Crippen LogP contribution in [0.2, 0.25) is 0 Å². The number of allylic oxidation sites excluding steroid dienone is 6. The first-order valence-corrected chi connectivity index (χ1v) is 15.9. The zero-order valence-corrected chi connectivity index (χ0v) is 31.6. The van der Waals surface area contributed by atoms with Crippen molar-refractivity contribution in [2.45, 2.75) is 66.2 Å². The minimum Gasteiger partial charge on any atom is -0.337 e. The van der Waals surface area contributed by atoms with Crippen LogP contribution in [-0.4, -0.2) is 22.6 Å². The van der Waals surface area contributed by atoms with Gasteiger partial charge >= 0.3 is 0 Å². The number of nitrogens with zero attached hydrogens (tertiary/aromatic N) is 2. The van der Waals surface area contributed by atoms with Gasteiger partial charge < -0.3 is 9.48 Å². The van der Waals surface area contributed by atoms with E-state index in [4.69, 9.17) is 0 Å². The van der Waals surface area contributed by atoms with Gasteiger partial charge in [-0.15, -0.1) is 0 Å². The van der Waals surface area contributed by atoms with Crippen LogP contribution in [0.5, 0.6) is 0 Å². The summed E-state index contributed by atoms with van der Waals surface area (Å²) in [5.74, 6) is 0.151. The number of anilines is 1. The third-order valence-electron chi connectivity index (χ3n) is 8.52. The Kier molecular flexibility index (Phi) is 12.7. The molecule has 4 heteroatoms. The van der Waals surface area contributed by atoms with Gasteiger partial charge in [0.1, 0.15) is 11.5 Å². The first-order chi connectivity index (χ1) is 21.5. The van der Waals surface area contributed by atoms with Gasteiger partial charge in [-0.3, -0.25) is 4.79 Å². The molecular weight excluding hydrogens is 637 g/mol. The van der Waals surface area contributed by atoms with Gasteiger partial charge in [0.2, 0.25) is 0 Å². The molecule has 4 aromatic carbocycles. The molecule has 6 rings (SSSR count). The molecule has 2 heterocycles. The molecule has 0 fully saturated rings. The Morgan fingerprint density at radius 2 is 1.57 bits per heavy atom. The molecule has 0 unspecified atom stereocenters. The van der Waals surface area contributed by atoms with Crippen LogP contribution in [0.4, 0.5) is 11.4 Å². The minimum atomic E-state index is -0.236. The van der Waals surface area contributed by atoms with Crippen LogP contribution in [0.3, 0.4) is 0 Å². The summed E-state index contributed by atoms with van der Waals surface area (Å²) in [7, 11) is 4.30. The number of hydrogen-bond acceptors (Lipinski definition) is 2. The summed E-state index contributed by atoms with van der Waals surface area (Å²) in [4.78, 5) is 14.5. The molecule has 0 saturated heterocycles. The van der Waals surface area contributed by atoms with Gasteiger partial charge in [0.15, 0.2) is 0 Å². The van der Waals surface area contributed by atoms with Gasteiger partial charge in [-0.25, -0.2) is 0 Å². The van der Waals surface area contributed by atoms with Crippen molar-refractivity contribution in [1.29, 1.82) is 0 Å². The van der Waals surface area contributed by atoms with Crippen molar-refractivity contribution in [2.75, 3.05) is 11.4 Å². The number of ketones is 1. The fraction of sp³-hybridized carbons (Fsp3) is 0.262. The molecule has 2 aliphatic heterocycles. The number of Topliss-reactive ketones (excluding diaryl/α,β-unsaturated/α-hetero) is 1. The maximum Gasteiger partial charge on any atom is 0.149 e. The SMILES string of the molecule is CC.[CH2-][N+]1=C(C=CC=CC=C2N(CC(C)=O)c3ccc4ccc(C)cc4c3C2(C)C)C(C)(C)c2ccccc21.[Y].[c-]1ccccc1. The summed E-state index contributed by atoms with van der Waals surface area (Å²) in [6.07, 6.45) is 10.6. The van der Waals surface area contributed by atoms with E-state index in [0.29, 0.717) is 6.54 Å². The van der Waals surface area contributed by atoms with Crippen molar-refractivity contribution >= 4 is 33.6 Å². The van der Waals surface area contributed by atoms with Crippen LogP contribution < -0.4 is 4.90 Å². The second kappa shape index (κ2) is 15.8. The van der Waals surface area contributed by atoms with Gasteiger partial charge in [0.05, 0.1) is 12.3 Å². The zero-order chi connectivity index (χ0) is 32.8. The van der Waals surface area contributed by atoms with Gasteiger partial charge in [0, 0.05) is 62.0 Å².